The number of hydrogen-bond acceptors (Lipinski definition) is 3. The lowest BCUT2D eigenvalue weighted by Crippen LogP contribution is -2.29. The summed E-state index contributed by atoms with van der Waals surface area (Å²) in [6, 6.07) is 8.80. The van der Waals surface area contributed by atoms with Crippen molar-refractivity contribution in [2.75, 3.05) is 7.11 Å². The van der Waals surface area contributed by atoms with Gasteiger partial charge in [0.1, 0.15) is 0 Å². The van der Waals surface area contributed by atoms with E-state index in [2.05, 4.69) is 6.92 Å². The van der Waals surface area contributed by atoms with Gasteiger partial charge in [-0.05, 0) is 37.3 Å². The molecule has 0 heterocycles. The Morgan fingerprint density at radius 1 is 1.47 bits per heavy atom. The lowest BCUT2D eigenvalue weighted by atomic mass is 9.91. The Balaban J connectivity index is 2.17. The maximum Gasteiger partial charge on any atom is 0.168 e. The SMILES string of the molecule is [CH2]CC1C[CH]C(C(=O)c2ccc(C#N)cc2)C1OC. The lowest BCUT2D eigenvalue weighted by Gasteiger charge is -2.21. The van der Waals surface area contributed by atoms with Crippen molar-refractivity contribution < 1.29 is 9.53 Å². The summed E-state index contributed by atoms with van der Waals surface area (Å²) < 4.78 is 5.47. The van der Waals surface area contributed by atoms with E-state index in [1.54, 1.807) is 31.4 Å². The van der Waals surface area contributed by atoms with Gasteiger partial charge in [-0.2, -0.15) is 5.26 Å². The number of rotatable bonds is 4. The van der Waals surface area contributed by atoms with Crippen LogP contribution in [0.15, 0.2) is 24.3 Å². The number of carbonyl (C=O) groups is 1. The monoisotopic (exact) mass is 255 g/mol. The number of benzene rings is 1. The van der Waals surface area contributed by atoms with Crippen LogP contribution in [0.1, 0.15) is 28.8 Å². The molecule has 0 N–H and O–H groups in total. The molecule has 0 spiro atoms. The average Bonchev–Trinajstić information content (AvgIpc) is 2.89. The maximum atomic E-state index is 12.5. The minimum Gasteiger partial charge on any atom is -0.380 e. The van der Waals surface area contributed by atoms with E-state index in [1.807, 2.05) is 12.5 Å². The van der Waals surface area contributed by atoms with Gasteiger partial charge in [-0.25, -0.2) is 0 Å². The van der Waals surface area contributed by atoms with E-state index in [0.29, 0.717) is 17.0 Å². The molecule has 1 saturated carbocycles. The molecule has 0 aliphatic heterocycles. The zero-order valence-corrected chi connectivity index (χ0v) is 11.0. The fourth-order valence-electron chi connectivity index (χ4n) is 2.66. The molecule has 0 saturated heterocycles. The molecular weight excluding hydrogens is 238 g/mol. The van der Waals surface area contributed by atoms with E-state index in [1.165, 1.54) is 0 Å². The number of nitrogens with zero attached hydrogens (tertiary/aromatic N) is 1. The van der Waals surface area contributed by atoms with E-state index in [0.717, 1.165) is 12.8 Å². The zero-order chi connectivity index (χ0) is 13.8. The lowest BCUT2D eigenvalue weighted by molar-refractivity contribution is 0.0383. The van der Waals surface area contributed by atoms with Gasteiger partial charge in [0.2, 0.25) is 0 Å². The minimum atomic E-state index is -0.204. The first-order valence-electron chi connectivity index (χ1n) is 6.41. The van der Waals surface area contributed by atoms with Gasteiger partial charge in [-0.15, -0.1) is 0 Å². The molecule has 98 valence electrons. The molecule has 2 radical (unpaired) electrons. The van der Waals surface area contributed by atoms with Crippen LogP contribution in [-0.2, 0) is 4.74 Å². The highest BCUT2D eigenvalue weighted by Crippen LogP contribution is 2.36. The Kier molecular flexibility index (Phi) is 4.34. The number of ether oxygens (including phenoxy) is 1. The zero-order valence-electron chi connectivity index (χ0n) is 11.0. The summed E-state index contributed by atoms with van der Waals surface area (Å²) in [5.41, 5.74) is 1.19. The van der Waals surface area contributed by atoms with Crippen LogP contribution in [0.5, 0.6) is 0 Å². The summed E-state index contributed by atoms with van der Waals surface area (Å²) >= 11 is 0. The molecule has 1 aromatic rings. The molecule has 0 aromatic heterocycles. The Morgan fingerprint density at radius 3 is 2.68 bits per heavy atom. The fraction of sp³-hybridized carbons (Fsp3) is 0.375. The molecule has 3 unspecified atom stereocenters. The van der Waals surface area contributed by atoms with Crippen LogP contribution in [0.4, 0.5) is 0 Å². The molecule has 2 rings (SSSR count). The highest BCUT2D eigenvalue weighted by atomic mass is 16.5. The molecule has 1 aromatic carbocycles. The summed E-state index contributed by atoms with van der Waals surface area (Å²) in [5, 5.41) is 8.76. The third-order valence-electron chi connectivity index (χ3n) is 3.76. The third-order valence-corrected chi connectivity index (χ3v) is 3.76. The second-order valence-electron chi connectivity index (χ2n) is 4.80. The number of ketones is 1. The quantitative estimate of drug-likeness (QED) is 0.777. The number of Topliss-reactive ketones (excluding diaryl/α,β-unsaturated/α-hetero) is 1. The van der Waals surface area contributed by atoms with Crippen LogP contribution in [-0.4, -0.2) is 19.0 Å². The topological polar surface area (TPSA) is 50.1 Å². The number of nitriles is 1. The largest absolute Gasteiger partial charge is 0.380 e. The smallest absolute Gasteiger partial charge is 0.168 e. The van der Waals surface area contributed by atoms with Gasteiger partial charge in [-0.1, -0.05) is 19.1 Å². The molecule has 1 aliphatic carbocycles. The summed E-state index contributed by atoms with van der Waals surface area (Å²) in [5.74, 6) is 0.175. The Labute approximate surface area is 114 Å². The van der Waals surface area contributed by atoms with Crippen molar-refractivity contribution in [1.82, 2.24) is 0 Å². The number of hydrogen-bond donors (Lipinski definition) is 0. The van der Waals surface area contributed by atoms with Crippen molar-refractivity contribution >= 4 is 5.78 Å². The Hall–Kier alpha value is -1.66. The first-order valence-corrected chi connectivity index (χ1v) is 6.41. The van der Waals surface area contributed by atoms with Crippen molar-refractivity contribution in [1.29, 1.82) is 5.26 Å². The molecule has 3 nitrogen and oxygen atoms in total. The van der Waals surface area contributed by atoms with Crippen LogP contribution in [0.3, 0.4) is 0 Å². The predicted octanol–water partition coefficient (Wildman–Crippen LogP) is 2.82. The molecule has 3 atom stereocenters. The van der Waals surface area contributed by atoms with Gasteiger partial charge >= 0.3 is 0 Å². The minimum absolute atomic E-state index is 0.0623. The summed E-state index contributed by atoms with van der Waals surface area (Å²) in [6.45, 7) is 3.91. The van der Waals surface area contributed by atoms with Crippen LogP contribution in [0.25, 0.3) is 0 Å². The second kappa shape index (κ2) is 5.99. The Bertz CT molecular complexity index is 486. The molecule has 1 aliphatic rings. The van der Waals surface area contributed by atoms with Crippen molar-refractivity contribution in [3.8, 4) is 6.07 Å². The maximum absolute atomic E-state index is 12.5. The predicted molar refractivity (Wildman–Crippen MR) is 72.2 cm³/mol. The summed E-state index contributed by atoms with van der Waals surface area (Å²) in [4.78, 5) is 12.5. The van der Waals surface area contributed by atoms with Crippen molar-refractivity contribution in [2.24, 2.45) is 11.8 Å². The summed E-state index contributed by atoms with van der Waals surface area (Å²) in [7, 11) is 1.64. The van der Waals surface area contributed by atoms with Crippen LogP contribution >= 0.6 is 0 Å². The van der Waals surface area contributed by atoms with E-state index in [-0.39, 0.29) is 17.8 Å². The van der Waals surface area contributed by atoms with Gasteiger partial charge < -0.3 is 4.74 Å². The molecule has 0 amide bonds. The highest BCUT2D eigenvalue weighted by Gasteiger charge is 2.39. The van der Waals surface area contributed by atoms with E-state index in [4.69, 9.17) is 10.00 Å². The highest BCUT2D eigenvalue weighted by molar-refractivity contribution is 5.99. The number of carbonyl (C=O) groups excluding carboxylic acids is 1. The average molecular weight is 255 g/mol. The number of methoxy groups -OCH3 is 1. The van der Waals surface area contributed by atoms with E-state index < -0.39 is 0 Å². The normalized spacial score (nSPS) is 26.1. The third kappa shape index (κ3) is 2.69. The van der Waals surface area contributed by atoms with Crippen molar-refractivity contribution in [3.63, 3.8) is 0 Å². The molecule has 0 bridgehead atoms. The van der Waals surface area contributed by atoms with Gasteiger partial charge in [0.15, 0.2) is 5.78 Å². The van der Waals surface area contributed by atoms with Gasteiger partial charge in [0.05, 0.1) is 23.7 Å². The summed E-state index contributed by atoms with van der Waals surface area (Å²) in [6.07, 6.45) is 3.59. The molecule has 3 heteroatoms. The van der Waals surface area contributed by atoms with Gasteiger partial charge in [-0.3, -0.25) is 4.79 Å². The first-order chi connectivity index (χ1) is 9.21. The molecule has 19 heavy (non-hydrogen) atoms. The standard InChI is InChI=1S/C16H17NO2/c1-3-12-8-9-14(16(12)19-2)15(18)13-6-4-11(10-17)5-7-13/h4-7,9,12,14,16H,1,3,8H2,2H3. The Morgan fingerprint density at radius 2 is 2.16 bits per heavy atom. The fourth-order valence-corrected chi connectivity index (χ4v) is 2.66. The van der Waals surface area contributed by atoms with Crippen molar-refractivity contribution in [2.45, 2.75) is 18.9 Å². The van der Waals surface area contributed by atoms with Crippen LogP contribution in [0, 0.1) is 36.5 Å². The van der Waals surface area contributed by atoms with Crippen LogP contribution in [0.2, 0.25) is 0 Å². The van der Waals surface area contributed by atoms with Crippen LogP contribution < -0.4 is 0 Å². The van der Waals surface area contributed by atoms with Gasteiger partial charge in [0.25, 0.3) is 0 Å². The van der Waals surface area contributed by atoms with Crippen molar-refractivity contribution in [3.05, 3.63) is 48.7 Å². The molecular formula is C16H17NO2. The van der Waals surface area contributed by atoms with E-state index >= 15 is 0 Å². The van der Waals surface area contributed by atoms with Gasteiger partial charge in [0, 0.05) is 12.7 Å². The second-order valence-corrected chi connectivity index (χ2v) is 4.80. The van der Waals surface area contributed by atoms with E-state index in [9.17, 15) is 4.79 Å². The molecule has 1 fully saturated rings. The first kappa shape index (κ1) is 13.8.